The Bertz CT molecular complexity index is 1500. The summed E-state index contributed by atoms with van der Waals surface area (Å²) in [5, 5.41) is 0.519. The fourth-order valence-corrected chi connectivity index (χ4v) is 4.37. The van der Waals surface area contributed by atoms with Gasteiger partial charge >= 0.3 is 5.69 Å². The molecule has 0 atom stereocenters. The molecule has 2 aromatic heterocycles. The van der Waals surface area contributed by atoms with Gasteiger partial charge in [-0.1, -0.05) is 42.1 Å². The maximum absolute atomic E-state index is 13.0. The Balaban J connectivity index is 1.81. The zero-order chi connectivity index (χ0) is 24.4. The third-order valence-corrected chi connectivity index (χ3v) is 6.40. The van der Waals surface area contributed by atoms with E-state index in [1.807, 2.05) is 36.4 Å². The van der Waals surface area contributed by atoms with Crippen molar-refractivity contribution in [2.75, 3.05) is 24.8 Å². The van der Waals surface area contributed by atoms with Crippen molar-refractivity contribution in [3.63, 3.8) is 0 Å². The lowest BCUT2D eigenvalue weighted by Gasteiger charge is -2.17. The Morgan fingerprint density at radius 3 is 2.47 bits per heavy atom. The molecule has 0 saturated heterocycles. The monoisotopic (exact) mass is 477 g/mol. The zero-order valence-corrected chi connectivity index (χ0v) is 20.0. The molecular formula is C24H23N5O4S. The highest BCUT2D eigenvalue weighted by molar-refractivity contribution is 8.00. The van der Waals surface area contributed by atoms with E-state index in [0.717, 1.165) is 22.0 Å². The number of fused-ring (bicyclic) bond motifs is 1. The van der Waals surface area contributed by atoms with Crippen LogP contribution in [0.1, 0.15) is 0 Å². The van der Waals surface area contributed by atoms with Gasteiger partial charge in [0.15, 0.2) is 11.5 Å². The highest BCUT2D eigenvalue weighted by atomic mass is 32.2. The number of amides is 1. The topological polar surface area (TPSA) is 99.3 Å². The van der Waals surface area contributed by atoms with Crippen molar-refractivity contribution in [1.29, 1.82) is 0 Å². The lowest BCUT2D eigenvalue weighted by Crippen LogP contribution is -2.37. The summed E-state index contributed by atoms with van der Waals surface area (Å²) in [4.78, 5) is 49.1. The molecule has 0 unspecified atom stereocenters. The van der Waals surface area contributed by atoms with Gasteiger partial charge in [-0.2, -0.15) is 0 Å². The van der Waals surface area contributed by atoms with Gasteiger partial charge in [0.25, 0.3) is 5.56 Å². The Labute approximate surface area is 199 Å². The summed E-state index contributed by atoms with van der Waals surface area (Å²) in [7, 11) is 6.21. The maximum Gasteiger partial charge on any atom is 0.332 e. The predicted octanol–water partition coefficient (Wildman–Crippen LogP) is 2.46. The first kappa shape index (κ1) is 23.2. The van der Waals surface area contributed by atoms with E-state index < -0.39 is 11.2 Å². The van der Waals surface area contributed by atoms with E-state index >= 15 is 0 Å². The van der Waals surface area contributed by atoms with Crippen LogP contribution in [0, 0.1) is 0 Å². The van der Waals surface area contributed by atoms with E-state index in [1.165, 1.54) is 11.6 Å². The van der Waals surface area contributed by atoms with Crippen molar-refractivity contribution in [3.8, 4) is 17.1 Å². The van der Waals surface area contributed by atoms with Crippen LogP contribution in [0.3, 0.4) is 0 Å². The molecule has 0 N–H and O–H groups in total. The molecule has 4 rings (SSSR count). The van der Waals surface area contributed by atoms with Crippen molar-refractivity contribution < 1.29 is 9.53 Å². The number of para-hydroxylation sites is 1. The minimum atomic E-state index is -0.512. The Morgan fingerprint density at radius 1 is 1.03 bits per heavy atom. The van der Waals surface area contributed by atoms with Crippen LogP contribution in [0.25, 0.3) is 22.4 Å². The largest absolute Gasteiger partial charge is 0.497 e. The second-order valence-electron chi connectivity index (χ2n) is 7.57. The minimum Gasteiger partial charge on any atom is -0.497 e. The molecule has 0 radical (unpaired) electrons. The lowest BCUT2D eigenvalue weighted by atomic mass is 10.2. The van der Waals surface area contributed by atoms with E-state index in [9.17, 15) is 14.4 Å². The molecule has 10 heteroatoms. The van der Waals surface area contributed by atoms with E-state index in [1.54, 1.807) is 44.3 Å². The third-order valence-electron chi connectivity index (χ3n) is 5.44. The first-order valence-corrected chi connectivity index (χ1v) is 11.4. The van der Waals surface area contributed by atoms with E-state index in [0.29, 0.717) is 22.2 Å². The number of methoxy groups -OCH3 is 1. The molecule has 0 aliphatic rings. The zero-order valence-electron chi connectivity index (χ0n) is 19.2. The lowest BCUT2D eigenvalue weighted by molar-refractivity contribution is -0.115. The molecular weight excluding hydrogens is 454 g/mol. The van der Waals surface area contributed by atoms with Gasteiger partial charge in [0.05, 0.1) is 12.9 Å². The average molecular weight is 478 g/mol. The summed E-state index contributed by atoms with van der Waals surface area (Å²) in [5.74, 6) is 0.822. The minimum absolute atomic E-state index is 0.0427. The second-order valence-corrected chi connectivity index (χ2v) is 8.53. The molecule has 9 nitrogen and oxygen atoms in total. The normalized spacial score (nSPS) is 10.9. The number of hydrogen-bond acceptors (Lipinski definition) is 7. The van der Waals surface area contributed by atoms with Gasteiger partial charge < -0.3 is 9.64 Å². The summed E-state index contributed by atoms with van der Waals surface area (Å²) in [6.45, 7) is 0. The van der Waals surface area contributed by atoms with Crippen LogP contribution in [0.2, 0.25) is 0 Å². The number of anilines is 1. The first-order valence-electron chi connectivity index (χ1n) is 10.4. The average Bonchev–Trinajstić information content (AvgIpc) is 2.88. The molecule has 2 aromatic carbocycles. The fourth-order valence-electron chi connectivity index (χ4n) is 3.45. The predicted molar refractivity (Wildman–Crippen MR) is 133 cm³/mol. The number of carbonyl (C=O) groups is 1. The summed E-state index contributed by atoms with van der Waals surface area (Å²) in [6, 6.07) is 16.5. The smallest absolute Gasteiger partial charge is 0.332 e. The van der Waals surface area contributed by atoms with Gasteiger partial charge in [0.1, 0.15) is 16.2 Å². The van der Waals surface area contributed by atoms with E-state index in [4.69, 9.17) is 4.74 Å². The van der Waals surface area contributed by atoms with Crippen LogP contribution in [0.4, 0.5) is 5.69 Å². The van der Waals surface area contributed by atoms with Crippen molar-refractivity contribution in [1.82, 2.24) is 19.1 Å². The molecule has 0 aliphatic carbocycles. The first-order chi connectivity index (χ1) is 16.3. The molecule has 0 saturated carbocycles. The molecule has 0 fully saturated rings. The van der Waals surface area contributed by atoms with Crippen molar-refractivity contribution in [2.24, 2.45) is 14.1 Å². The number of benzene rings is 2. The van der Waals surface area contributed by atoms with Crippen LogP contribution < -0.4 is 20.9 Å². The molecule has 2 heterocycles. The molecule has 0 spiro atoms. The quantitative estimate of drug-likeness (QED) is 0.311. The van der Waals surface area contributed by atoms with E-state index in [2.05, 4.69) is 9.97 Å². The van der Waals surface area contributed by atoms with Crippen molar-refractivity contribution in [2.45, 2.75) is 5.03 Å². The third kappa shape index (κ3) is 4.32. The number of hydrogen-bond donors (Lipinski definition) is 0. The van der Waals surface area contributed by atoms with E-state index in [-0.39, 0.29) is 22.7 Å². The number of rotatable bonds is 6. The molecule has 0 bridgehead atoms. The van der Waals surface area contributed by atoms with Gasteiger partial charge in [0.2, 0.25) is 5.91 Å². The van der Waals surface area contributed by atoms with Crippen LogP contribution in [0.5, 0.6) is 5.75 Å². The summed E-state index contributed by atoms with van der Waals surface area (Å²) < 4.78 is 7.62. The fraction of sp³-hybridized carbons (Fsp3) is 0.208. The molecule has 4 aromatic rings. The number of thioether (sulfide) groups is 1. The number of carbonyl (C=O) groups excluding carboxylic acids is 1. The highest BCUT2D eigenvalue weighted by Crippen LogP contribution is 2.28. The molecule has 34 heavy (non-hydrogen) atoms. The Morgan fingerprint density at radius 2 is 1.76 bits per heavy atom. The van der Waals surface area contributed by atoms with Crippen LogP contribution in [-0.2, 0) is 18.9 Å². The Kier molecular flexibility index (Phi) is 6.51. The highest BCUT2D eigenvalue weighted by Gasteiger charge is 2.20. The maximum atomic E-state index is 13.0. The molecule has 0 aliphatic heterocycles. The molecule has 174 valence electrons. The van der Waals surface area contributed by atoms with Crippen LogP contribution >= 0.6 is 11.8 Å². The van der Waals surface area contributed by atoms with Gasteiger partial charge in [-0.25, -0.2) is 14.8 Å². The number of ether oxygens (including phenoxy) is 1. The number of aromatic nitrogens is 4. The second kappa shape index (κ2) is 9.52. The van der Waals surface area contributed by atoms with Gasteiger partial charge in [0, 0.05) is 32.4 Å². The van der Waals surface area contributed by atoms with Crippen LogP contribution in [-0.4, -0.2) is 44.9 Å². The summed E-state index contributed by atoms with van der Waals surface area (Å²) in [6.07, 6.45) is 0. The summed E-state index contributed by atoms with van der Waals surface area (Å²) >= 11 is 1.13. The van der Waals surface area contributed by atoms with Gasteiger partial charge in [-0.3, -0.25) is 18.7 Å². The number of nitrogens with zero attached hydrogens (tertiary/aromatic N) is 5. The van der Waals surface area contributed by atoms with Crippen LogP contribution in [0.15, 0.2) is 69.2 Å². The number of aryl methyl sites for hydroxylation is 1. The van der Waals surface area contributed by atoms with Gasteiger partial charge in [-0.05, 0) is 24.3 Å². The SMILES string of the molecule is COc1cccc(-c2nc(SCC(=O)N(C)c3ccccc3)c3c(=O)n(C)c(=O)n(C)c3n2)c1. The Hall–Kier alpha value is -3.92. The van der Waals surface area contributed by atoms with Crippen molar-refractivity contribution >= 4 is 34.4 Å². The standard InChI is InChI=1S/C24H23N5O4S/c1-27(16-10-6-5-7-11-16)18(30)14-34-22-19-21(28(2)24(32)29(3)23(19)31)25-20(26-22)15-9-8-12-17(13-15)33-4/h5-13H,14H2,1-4H3. The van der Waals surface area contributed by atoms with Gasteiger partial charge in [-0.15, -0.1) is 0 Å². The molecule has 1 amide bonds. The summed E-state index contributed by atoms with van der Waals surface area (Å²) in [5.41, 5.74) is 0.609. The van der Waals surface area contributed by atoms with Crippen molar-refractivity contribution in [3.05, 3.63) is 75.4 Å².